The molecule has 11 rings (SSSR count). The molecule has 0 atom stereocenters. The summed E-state index contributed by atoms with van der Waals surface area (Å²) < 4.78 is 9.33. The van der Waals surface area contributed by atoms with Gasteiger partial charge in [-0.3, -0.25) is 0 Å². The van der Waals surface area contributed by atoms with Crippen LogP contribution in [0.25, 0.3) is 82.1 Å². The maximum atomic E-state index is 6.89. The third kappa shape index (κ3) is 4.54. The average molecular weight is 677 g/mol. The van der Waals surface area contributed by atoms with Crippen LogP contribution in [-0.2, 0) is 0 Å². The smallest absolute Gasteiger partial charge is 0.159 e. The lowest BCUT2D eigenvalue weighted by Gasteiger charge is -2.28. The number of furan rings is 1. The minimum absolute atomic E-state index is 0.858. The van der Waals surface area contributed by atoms with Gasteiger partial charge in [-0.15, -0.1) is 0 Å². The molecule has 0 N–H and O–H groups in total. The predicted octanol–water partition coefficient (Wildman–Crippen LogP) is 14.1. The molecule has 3 nitrogen and oxygen atoms in total. The van der Waals surface area contributed by atoms with Crippen molar-refractivity contribution in [2.24, 2.45) is 0 Å². The largest absolute Gasteiger partial charge is 0.454 e. The van der Waals surface area contributed by atoms with Gasteiger partial charge in [-0.25, -0.2) is 0 Å². The number of nitrogens with zero attached hydrogens (tertiary/aromatic N) is 2. The van der Waals surface area contributed by atoms with Crippen LogP contribution in [-0.4, -0.2) is 4.57 Å². The van der Waals surface area contributed by atoms with Crippen LogP contribution < -0.4 is 4.90 Å². The maximum absolute atomic E-state index is 6.89. The van der Waals surface area contributed by atoms with Gasteiger partial charge in [0, 0.05) is 43.9 Å². The van der Waals surface area contributed by atoms with Crippen LogP contribution in [0.15, 0.2) is 199 Å². The molecular formula is C50H32N2O. The Balaban J connectivity index is 1.25. The second-order valence-corrected chi connectivity index (χ2v) is 13.7. The maximum Gasteiger partial charge on any atom is 0.159 e. The summed E-state index contributed by atoms with van der Waals surface area (Å²) in [5.41, 5.74) is 10.6. The summed E-state index contributed by atoms with van der Waals surface area (Å²) in [7, 11) is 0. The van der Waals surface area contributed by atoms with Crippen LogP contribution in [0.2, 0.25) is 0 Å². The lowest BCUT2D eigenvalue weighted by Crippen LogP contribution is -2.11. The van der Waals surface area contributed by atoms with Gasteiger partial charge >= 0.3 is 0 Å². The first-order valence-corrected chi connectivity index (χ1v) is 18.1. The normalized spacial score (nSPS) is 11.8. The highest BCUT2D eigenvalue weighted by Crippen LogP contribution is 2.47. The zero-order chi connectivity index (χ0) is 34.9. The van der Waals surface area contributed by atoms with Gasteiger partial charge in [-0.1, -0.05) is 152 Å². The number of anilines is 3. The highest BCUT2D eigenvalue weighted by molar-refractivity contribution is 6.22. The molecule has 0 aliphatic heterocycles. The van der Waals surface area contributed by atoms with Crippen molar-refractivity contribution in [3.05, 3.63) is 194 Å². The molecule has 9 aromatic carbocycles. The highest BCUT2D eigenvalue weighted by Gasteiger charge is 2.24. The molecule has 0 aliphatic carbocycles. The molecule has 53 heavy (non-hydrogen) atoms. The van der Waals surface area contributed by atoms with E-state index in [2.05, 4.69) is 204 Å². The summed E-state index contributed by atoms with van der Waals surface area (Å²) in [6.07, 6.45) is 0. The summed E-state index contributed by atoms with van der Waals surface area (Å²) in [6.45, 7) is 0. The van der Waals surface area contributed by atoms with Gasteiger partial charge in [0.25, 0.3) is 0 Å². The van der Waals surface area contributed by atoms with E-state index in [-0.39, 0.29) is 0 Å². The van der Waals surface area contributed by atoms with Gasteiger partial charge in [0.2, 0.25) is 0 Å². The predicted molar refractivity (Wildman–Crippen MR) is 223 cm³/mol. The lowest BCUT2D eigenvalue weighted by molar-refractivity contribution is 0.669. The van der Waals surface area contributed by atoms with E-state index in [4.69, 9.17) is 4.42 Å². The summed E-state index contributed by atoms with van der Waals surface area (Å²) >= 11 is 0. The molecule has 0 saturated carbocycles. The number of rotatable bonds is 5. The van der Waals surface area contributed by atoms with Crippen molar-refractivity contribution >= 4 is 82.4 Å². The topological polar surface area (TPSA) is 21.3 Å². The fourth-order valence-corrected chi connectivity index (χ4v) is 8.42. The summed E-state index contributed by atoms with van der Waals surface area (Å²) in [5.74, 6) is 0. The minimum Gasteiger partial charge on any atom is -0.454 e. The molecule has 11 aromatic rings. The van der Waals surface area contributed by atoms with Crippen molar-refractivity contribution in [2.45, 2.75) is 0 Å². The van der Waals surface area contributed by atoms with Crippen LogP contribution >= 0.6 is 0 Å². The van der Waals surface area contributed by atoms with Gasteiger partial charge in [-0.05, 0) is 64.2 Å². The molecular weight excluding hydrogens is 645 g/mol. The molecule has 0 spiro atoms. The fourth-order valence-electron chi connectivity index (χ4n) is 8.42. The Bertz CT molecular complexity index is 3170. The van der Waals surface area contributed by atoms with E-state index in [9.17, 15) is 0 Å². The molecule has 248 valence electrons. The third-order valence-electron chi connectivity index (χ3n) is 10.7. The zero-order valence-corrected chi connectivity index (χ0v) is 28.8. The van der Waals surface area contributed by atoms with E-state index in [1.54, 1.807) is 0 Å². The van der Waals surface area contributed by atoms with Crippen molar-refractivity contribution in [3.63, 3.8) is 0 Å². The van der Waals surface area contributed by atoms with E-state index in [1.807, 2.05) is 0 Å². The Morgan fingerprint density at radius 1 is 0.434 bits per heavy atom. The molecule has 0 saturated heterocycles. The minimum atomic E-state index is 0.858. The number of para-hydroxylation sites is 3. The van der Waals surface area contributed by atoms with E-state index in [0.29, 0.717) is 0 Å². The molecule has 2 aromatic heterocycles. The molecule has 0 amide bonds. The standard InChI is InChI=1S/C50H32N2O/c1-3-14-33(15-4-1)38-20-11-12-24-44(38)51(45-25-13-23-43-48-39-21-9-7-16-34(39)27-31-47(48)53-50(43)45)37-28-30-41-42-29-26-35-17-8-10-22-40(35)49(42)52(46(41)32-37)36-18-5-2-6-19-36/h1-32H. The Kier molecular flexibility index (Phi) is 6.55. The van der Waals surface area contributed by atoms with Crippen molar-refractivity contribution < 1.29 is 4.42 Å². The van der Waals surface area contributed by atoms with Crippen LogP contribution in [0.4, 0.5) is 17.1 Å². The van der Waals surface area contributed by atoms with Gasteiger partial charge in [-0.2, -0.15) is 0 Å². The van der Waals surface area contributed by atoms with Crippen LogP contribution in [0.5, 0.6) is 0 Å². The van der Waals surface area contributed by atoms with Crippen molar-refractivity contribution in [1.29, 1.82) is 0 Å². The monoisotopic (exact) mass is 676 g/mol. The SMILES string of the molecule is c1ccc(-c2ccccc2N(c2ccc3c4ccc5ccccc5c4n(-c4ccccc4)c3c2)c2cccc3c2oc2ccc4ccccc4c23)cc1. The number of benzene rings is 9. The second kappa shape index (κ2) is 11.7. The first-order chi connectivity index (χ1) is 26.3. The van der Waals surface area contributed by atoms with E-state index in [1.165, 1.54) is 37.8 Å². The second-order valence-electron chi connectivity index (χ2n) is 13.7. The summed E-state index contributed by atoms with van der Waals surface area (Å²) in [6, 6.07) is 69.6. The quantitative estimate of drug-likeness (QED) is 0.181. The first kappa shape index (κ1) is 29.6. The van der Waals surface area contributed by atoms with Crippen molar-refractivity contribution in [2.75, 3.05) is 4.90 Å². The van der Waals surface area contributed by atoms with Gasteiger partial charge in [0.1, 0.15) is 5.58 Å². The number of aromatic nitrogens is 1. The molecule has 0 bridgehead atoms. The Morgan fingerprint density at radius 2 is 1.08 bits per heavy atom. The summed E-state index contributed by atoms with van der Waals surface area (Å²) in [4.78, 5) is 2.39. The van der Waals surface area contributed by atoms with E-state index >= 15 is 0 Å². The average Bonchev–Trinajstić information content (AvgIpc) is 3.78. The number of hydrogen-bond donors (Lipinski definition) is 0. The number of hydrogen-bond acceptors (Lipinski definition) is 2. The zero-order valence-electron chi connectivity index (χ0n) is 28.8. The third-order valence-corrected chi connectivity index (χ3v) is 10.7. The highest BCUT2D eigenvalue weighted by atomic mass is 16.3. The van der Waals surface area contributed by atoms with Gasteiger partial charge in [0.05, 0.1) is 22.4 Å². The van der Waals surface area contributed by atoms with Gasteiger partial charge in [0.15, 0.2) is 5.58 Å². The van der Waals surface area contributed by atoms with Gasteiger partial charge < -0.3 is 13.9 Å². The molecule has 2 heterocycles. The summed E-state index contributed by atoms with van der Waals surface area (Å²) in [5, 5.41) is 9.54. The molecule has 3 heteroatoms. The Labute approximate surface area is 306 Å². The van der Waals surface area contributed by atoms with Crippen LogP contribution in [0.1, 0.15) is 0 Å². The number of fused-ring (bicyclic) bond motifs is 10. The fraction of sp³-hybridized carbons (Fsp3) is 0. The van der Waals surface area contributed by atoms with Crippen molar-refractivity contribution in [1.82, 2.24) is 4.57 Å². The Hall–Kier alpha value is -7.10. The Morgan fingerprint density at radius 3 is 1.92 bits per heavy atom. The van der Waals surface area contributed by atoms with Crippen LogP contribution in [0, 0.1) is 0 Å². The van der Waals surface area contributed by atoms with Crippen LogP contribution in [0.3, 0.4) is 0 Å². The molecule has 0 aliphatic rings. The van der Waals surface area contributed by atoms with E-state index < -0.39 is 0 Å². The van der Waals surface area contributed by atoms with E-state index in [0.717, 1.165) is 61.3 Å². The lowest BCUT2D eigenvalue weighted by atomic mass is 10.0. The molecule has 0 unspecified atom stereocenters. The first-order valence-electron chi connectivity index (χ1n) is 18.1. The molecule has 0 radical (unpaired) electrons. The van der Waals surface area contributed by atoms with Crippen molar-refractivity contribution in [3.8, 4) is 16.8 Å². The molecule has 0 fully saturated rings.